The van der Waals surface area contributed by atoms with E-state index in [1.807, 2.05) is 20.8 Å². The van der Waals surface area contributed by atoms with E-state index < -0.39 is 11.5 Å². The molecule has 0 saturated heterocycles. The number of carbonyl (C=O) groups is 2. The number of unbranched alkanes of at least 4 members (excludes halogenated alkanes) is 2. The molecule has 0 aromatic carbocycles. The molecule has 0 spiro atoms. The molecule has 1 fully saturated rings. The Bertz CT molecular complexity index is 354. The summed E-state index contributed by atoms with van der Waals surface area (Å²) in [6, 6.07) is 0.234. The molecule has 0 bridgehead atoms. The Morgan fingerprint density at radius 1 is 1.14 bits per heavy atom. The third-order valence-electron chi connectivity index (χ3n) is 4.06. The first-order valence-corrected chi connectivity index (χ1v) is 8.86. The second-order valence-corrected chi connectivity index (χ2v) is 7.43. The van der Waals surface area contributed by atoms with Crippen molar-refractivity contribution in [3.63, 3.8) is 0 Å². The fraction of sp³-hybridized carbons (Fsp3) is 0.889. The van der Waals surface area contributed by atoms with Crippen molar-refractivity contribution in [1.29, 1.82) is 0 Å². The van der Waals surface area contributed by atoms with E-state index >= 15 is 0 Å². The van der Waals surface area contributed by atoms with E-state index in [-0.39, 0.29) is 17.9 Å². The normalized spacial score (nSPS) is 17.8. The Hall–Kier alpha value is -1.06. The summed E-state index contributed by atoms with van der Waals surface area (Å²) >= 11 is 0. The summed E-state index contributed by atoms with van der Waals surface area (Å²) in [5, 5.41) is 3.07. The first-order valence-electron chi connectivity index (χ1n) is 8.86. The molecule has 1 N–H and O–H groups in total. The third-order valence-corrected chi connectivity index (χ3v) is 4.06. The van der Waals surface area contributed by atoms with E-state index in [4.69, 9.17) is 4.74 Å². The van der Waals surface area contributed by atoms with Gasteiger partial charge in [0.1, 0.15) is 11.5 Å². The molecule has 1 unspecified atom stereocenters. The molecule has 1 aliphatic rings. The van der Waals surface area contributed by atoms with Crippen LogP contribution < -0.4 is 5.32 Å². The summed E-state index contributed by atoms with van der Waals surface area (Å²) in [5.74, 6) is -1.18. The molecule has 4 nitrogen and oxygen atoms in total. The number of hydrogen-bond donors (Lipinski definition) is 1. The largest absolute Gasteiger partial charge is 0.459 e. The maximum absolute atomic E-state index is 12.5. The second kappa shape index (κ2) is 9.16. The van der Waals surface area contributed by atoms with Gasteiger partial charge in [0.25, 0.3) is 0 Å². The Balaban J connectivity index is 2.61. The van der Waals surface area contributed by atoms with Crippen LogP contribution in [-0.2, 0) is 14.3 Å². The lowest BCUT2D eigenvalue weighted by Crippen LogP contribution is -2.44. The van der Waals surface area contributed by atoms with Gasteiger partial charge in [-0.05, 0) is 40.0 Å². The molecule has 0 heterocycles. The Morgan fingerprint density at radius 3 is 2.32 bits per heavy atom. The van der Waals surface area contributed by atoms with Crippen LogP contribution >= 0.6 is 0 Å². The highest BCUT2D eigenvalue weighted by Crippen LogP contribution is 2.20. The van der Waals surface area contributed by atoms with Crippen LogP contribution in [0.15, 0.2) is 0 Å². The van der Waals surface area contributed by atoms with Crippen molar-refractivity contribution in [2.75, 3.05) is 0 Å². The van der Waals surface area contributed by atoms with Crippen molar-refractivity contribution < 1.29 is 14.3 Å². The van der Waals surface area contributed by atoms with Gasteiger partial charge >= 0.3 is 5.97 Å². The number of ether oxygens (including phenoxy) is 1. The monoisotopic (exact) mass is 311 g/mol. The van der Waals surface area contributed by atoms with Gasteiger partial charge in [-0.15, -0.1) is 0 Å². The SMILES string of the molecule is CCCCCC(C(=O)NC1CCCCC1)C(=O)OC(C)(C)C. The summed E-state index contributed by atoms with van der Waals surface area (Å²) in [5.41, 5.74) is -0.550. The molecule has 0 aromatic heterocycles. The zero-order chi connectivity index (χ0) is 16.6. The molecule has 0 aromatic rings. The molecule has 0 radical (unpaired) electrons. The van der Waals surface area contributed by atoms with Crippen LogP contribution in [0.2, 0.25) is 0 Å². The predicted molar refractivity (Wildman–Crippen MR) is 88.5 cm³/mol. The second-order valence-electron chi connectivity index (χ2n) is 7.43. The lowest BCUT2D eigenvalue weighted by molar-refractivity contribution is -0.163. The van der Waals surface area contributed by atoms with Gasteiger partial charge in [-0.25, -0.2) is 0 Å². The summed E-state index contributed by atoms with van der Waals surface area (Å²) in [6.45, 7) is 7.64. The maximum Gasteiger partial charge on any atom is 0.319 e. The van der Waals surface area contributed by atoms with Crippen LogP contribution in [0.5, 0.6) is 0 Å². The van der Waals surface area contributed by atoms with Gasteiger partial charge in [-0.2, -0.15) is 0 Å². The molecule has 1 saturated carbocycles. The van der Waals surface area contributed by atoms with Crippen molar-refractivity contribution in [3.05, 3.63) is 0 Å². The Labute approximate surface area is 135 Å². The Morgan fingerprint density at radius 2 is 1.77 bits per heavy atom. The van der Waals surface area contributed by atoms with Crippen molar-refractivity contribution in [2.45, 2.75) is 97.1 Å². The number of amides is 1. The van der Waals surface area contributed by atoms with Crippen LogP contribution in [0, 0.1) is 5.92 Å². The fourth-order valence-corrected chi connectivity index (χ4v) is 2.88. The summed E-state index contributed by atoms with van der Waals surface area (Å²) in [7, 11) is 0. The standard InChI is InChI=1S/C18H33NO3/c1-5-6-8-13-15(17(21)22-18(2,3)4)16(20)19-14-11-9-7-10-12-14/h14-15H,5-13H2,1-4H3,(H,19,20). The lowest BCUT2D eigenvalue weighted by atomic mass is 9.94. The summed E-state index contributed by atoms with van der Waals surface area (Å²) in [6.07, 6.45) is 9.22. The molecular formula is C18H33NO3. The van der Waals surface area contributed by atoms with E-state index in [2.05, 4.69) is 12.2 Å². The van der Waals surface area contributed by atoms with Crippen molar-refractivity contribution in [3.8, 4) is 0 Å². The van der Waals surface area contributed by atoms with Gasteiger partial charge in [0, 0.05) is 6.04 Å². The van der Waals surface area contributed by atoms with Gasteiger partial charge in [-0.1, -0.05) is 45.4 Å². The van der Waals surface area contributed by atoms with Gasteiger partial charge < -0.3 is 10.1 Å². The first-order chi connectivity index (χ1) is 10.3. The summed E-state index contributed by atoms with van der Waals surface area (Å²) < 4.78 is 5.44. The highest BCUT2D eigenvalue weighted by molar-refractivity contribution is 5.98. The quantitative estimate of drug-likeness (QED) is 0.439. The highest BCUT2D eigenvalue weighted by Gasteiger charge is 2.32. The topological polar surface area (TPSA) is 55.4 Å². The molecule has 1 aliphatic carbocycles. The van der Waals surface area contributed by atoms with Gasteiger partial charge in [0.15, 0.2) is 0 Å². The van der Waals surface area contributed by atoms with E-state index in [9.17, 15) is 9.59 Å². The average Bonchev–Trinajstić information content (AvgIpc) is 2.42. The number of esters is 1. The minimum Gasteiger partial charge on any atom is -0.459 e. The number of hydrogen-bond acceptors (Lipinski definition) is 3. The van der Waals surface area contributed by atoms with Crippen LogP contribution in [0.3, 0.4) is 0 Å². The molecule has 0 aliphatic heterocycles. The minimum atomic E-state index is -0.660. The smallest absolute Gasteiger partial charge is 0.319 e. The van der Waals surface area contributed by atoms with Crippen LogP contribution in [0.25, 0.3) is 0 Å². The average molecular weight is 311 g/mol. The molecule has 22 heavy (non-hydrogen) atoms. The van der Waals surface area contributed by atoms with Gasteiger partial charge in [-0.3, -0.25) is 9.59 Å². The van der Waals surface area contributed by atoms with Crippen molar-refractivity contribution in [1.82, 2.24) is 5.32 Å². The highest BCUT2D eigenvalue weighted by atomic mass is 16.6. The van der Waals surface area contributed by atoms with E-state index in [0.717, 1.165) is 44.9 Å². The van der Waals surface area contributed by atoms with Crippen molar-refractivity contribution >= 4 is 11.9 Å². The van der Waals surface area contributed by atoms with Gasteiger partial charge in [0.05, 0.1) is 0 Å². The molecule has 1 rings (SSSR count). The van der Waals surface area contributed by atoms with Crippen LogP contribution in [0.4, 0.5) is 0 Å². The molecule has 4 heteroatoms. The number of carbonyl (C=O) groups excluding carboxylic acids is 2. The van der Waals surface area contributed by atoms with Crippen molar-refractivity contribution in [2.24, 2.45) is 5.92 Å². The van der Waals surface area contributed by atoms with E-state index in [0.29, 0.717) is 6.42 Å². The first kappa shape index (κ1) is 19.0. The molecule has 128 valence electrons. The fourth-order valence-electron chi connectivity index (χ4n) is 2.88. The van der Waals surface area contributed by atoms with Crippen LogP contribution in [0.1, 0.15) is 85.5 Å². The molecule has 1 amide bonds. The summed E-state index contributed by atoms with van der Waals surface area (Å²) in [4.78, 5) is 24.9. The molecular weight excluding hydrogens is 278 g/mol. The van der Waals surface area contributed by atoms with Gasteiger partial charge in [0.2, 0.25) is 5.91 Å². The number of nitrogens with one attached hydrogen (secondary N) is 1. The Kier molecular flexibility index (Phi) is 7.91. The number of rotatable bonds is 7. The predicted octanol–water partition coefficient (Wildman–Crippen LogP) is 3.97. The minimum absolute atomic E-state index is 0.141. The third kappa shape index (κ3) is 7.28. The van der Waals surface area contributed by atoms with Crippen LogP contribution in [-0.4, -0.2) is 23.5 Å². The van der Waals surface area contributed by atoms with E-state index in [1.165, 1.54) is 6.42 Å². The maximum atomic E-state index is 12.5. The zero-order valence-corrected chi connectivity index (χ0v) is 14.7. The molecule has 1 atom stereocenters. The van der Waals surface area contributed by atoms with E-state index in [1.54, 1.807) is 0 Å². The zero-order valence-electron chi connectivity index (χ0n) is 14.7. The lowest BCUT2D eigenvalue weighted by Gasteiger charge is -2.27.